The van der Waals surface area contributed by atoms with E-state index in [2.05, 4.69) is 60.7 Å². The fourth-order valence-corrected chi connectivity index (χ4v) is 4.74. The third kappa shape index (κ3) is 4.94. The molecule has 0 bridgehead atoms. The van der Waals surface area contributed by atoms with Gasteiger partial charge in [-0.2, -0.15) is 0 Å². The zero-order chi connectivity index (χ0) is 26.5. The molecule has 0 radical (unpaired) electrons. The van der Waals surface area contributed by atoms with E-state index in [1.54, 1.807) is 28.4 Å². The Bertz CT molecular complexity index is 1380. The van der Waals surface area contributed by atoms with Crippen LogP contribution in [0.4, 0.5) is 0 Å². The highest BCUT2D eigenvalue weighted by atomic mass is 16.5. The average molecular weight is 503 g/mol. The van der Waals surface area contributed by atoms with Crippen LogP contribution in [-0.2, 0) is 0 Å². The van der Waals surface area contributed by atoms with Gasteiger partial charge in [-0.05, 0) is 93.0 Å². The van der Waals surface area contributed by atoms with Crippen LogP contribution in [0, 0.1) is 0 Å². The summed E-state index contributed by atoms with van der Waals surface area (Å²) in [6, 6.07) is 37.3. The molecule has 0 N–H and O–H groups in total. The Balaban J connectivity index is 1.83. The van der Waals surface area contributed by atoms with E-state index in [0.29, 0.717) is 0 Å². The monoisotopic (exact) mass is 502 g/mol. The van der Waals surface area contributed by atoms with Gasteiger partial charge in [0.1, 0.15) is 23.0 Å². The van der Waals surface area contributed by atoms with Crippen molar-refractivity contribution in [2.75, 3.05) is 28.4 Å². The molecule has 190 valence electrons. The molecule has 0 atom stereocenters. The van der Waals surface area contributed by atoms with Crippen LogP contribution in [0.2, 0.25) is 0 Å². The van der Waals surface area contributed by atoms with Crippen molar-refractivity contribution in [3.05, 3.63) is 109 Å². The van der Waals surface area contributed by atoms with Crippen molar-refractivity contribution in [1.29, 1.82) is 0 Å². The van der Waals surface area contributed by atoms with Crippen LogP contribution in [-0.4, -0.2) is 28.4 Å². The second-order valence-electron chi connectivity index (χ2n) is 8.82. The maximum atomic E-state index is 5.46. The van der Waals surface area contributed by atoms with E-state index >= 15 is 0 Å². The van der Waals surface area contributed by atoms with Crippen LogP contribution in [0.1, 0.15) is 0 Å². The Labute approximate surface area is 224 Å². The van der Waals surface area contributed by atoms with Crippen LogP contribution in [0.5, 0.6) is 23.0 Å². The van der Waals surface area contributed by atoms with Crippen molar-refractivity contribution < 1.29 is 18.9 Å². The van der Waals surface area contributed by atoms with Crippen LogP contribution in [0.3, 0.4) is 0 Å². The number of benzene rings is 5. The van der Waals surface area contributed by atoms with E-state index in [9.17, 15) is 0 Å². The van der Waals surface area contributed by atoms with Gasteiger partial charge in [0.2, 0.25) is 0 Å². The molecule has 0 saturated carbocycles. The zero-order valence-electron chi connectivity index (χ0n) is 22.0. The summed E-state index contributed by atoms with van der Waals surface area (Å²) < 4.78 is 21.8. The van der Waals surface area contributed by atoms with Gasteiger partial charge in [0.05, 0.1) is 28.4 Å². The first kappa shape index (κ1) is 25.0. The van der Waals surface area contributed by atoms with Crippen molar-refractivity contribution in [3.63, 3.8) is 0 Å². The summed E-state index contributed by atoms with van der Waals surface area (Å²) in [5.41, 5.74) is 8.92. The molecule has 0 spiro atoms. The van der Waals surface area contributed by atoms with Gasteiger partial charge in [-0.3, -0.25) is 0 Å². The first-order valence-electron chi connectivity index (χ1n) is 12.4. The lowest BCUT2D eigenvalue weighted by Gasteiger charge is -2.21. The molecule has 0 amide bonds. The maximum absolute atomic E-state index is 5.46. The first-order chi connectivity index (χ1) is 18.6. The predicted octanol–water partition coefficient (Wildman–Crippen LogP) is 8.39. The Hall–Kier alpha value is -4.70. The number of methoxy groups -OCH3 is 4. The Kier molecular flexibility index (Phi) is 7.32. The minimum absolute atomic E-state index is 0.817. The SMILES string of the molecule is COc1ccc(-c2ccc(-c3ccc(OC)cc3)c(-c3ccc(OC)cc3)c2-c2ccc(OC)cc2)cc1. The number of rotatable bonds is 8. The number of hydrogen-bond donors (Lipinski definition) is 0. The van der Waals surface area contributed by atoms with Crippen LogP contribution in [0.15, 0.2) is 109 Å². The second kappa shape index (κ2) is 11.1. The van der Waals surface area contributed by atoms with Crippen LogP contribution >= 0.6 is 0 Å². The fraction of sp³-hybridized carbons (Fsp3) is 0.118. The summed E-state index contributed by atoms with van der Waals surface area (Å²) in [6.07, 6.45) is 0. The Morgan fingerprint density at radius 3 is 0.763 bits per heavy atom. The molecule has 0 heterocycles. The molecule has 0 fully saturated rings. The van der Waals surface area contributed by atoms with Gasteiger partial charge in [0, 0.05) is 0 Å². The summed E-state index contributed by atoms with van der Waals surface area (Å²) in [5, 5.41) is 0. The molecule has 5 rings (SSSR count). The smallest absolute Gasteiger partial charge is 0.118 e. The second-order valence-corrected chi connectivity index (χ2v) is 8.82. The summed E-state index contributed by atoms with van der Waals surface area (Å²) in [5.74, 6) is 3.28. The Morgan fingerprint density at radius 2 is 0.526 bits per heavy atom. The predicted molar refractivity (Wildman–Crippen MR) is 154 cm³/mol. The largest absolute Gasteiger partial charge is 0.497 e. The minimum Gasteiger partial charge on any atom is -0.497 e. The third-order valence-electron chi connectivity index (χ3n) is 6.76. The molecule has 0 aliphatic carbocycles. The van der Waals surface area contributed by atoms with E-state index in [0.717, 1.165) is 67.5 Å². The van der Waals surface area contributed by atoms with Crippen LogP contribution in [0.25, 0.3) is 44.5 Å². The molecule has 5 aromatic rings. The highest BCUT2D eigenvalue weighted by Crippen LogP contribution is 2.46. The van der Waals surface area contributed by atoms with E-state index < -0.39 is 0 Å². The average Bonchev–Trinajstić information content (AvgIpc) is 3.00. The maximum Gasteiger partial charge on any atom is 0.118 e. The van der Waals surface area contributed by atoms with Crippen molar-refractivity contribution in [2.45, 2.75) is 0 Å². The Morgan fingerprint density at radius 1 is 0.289 bits per heavy atom. The van der Waals surface area contributed by atoms with Gasteiger partial charge in [0.15, 0.2) is 0 Å². The topological polar surface area (TPSA) is 36.9 Å². The van der Waals surface area contributed by atoms with Crippen molar-refractivity contribution in [1.82, 2.24) is 0 Å². The van der Waals surface area contributed by atoms with Gasteiger partial charge >= 0.3 is 0 Å². The van der Waals surface area contributed by atoms with E-state index in [1.807, 2.05) is 48.5 Å². The number of ether oxygens (including phenoxy) is 4. The quantitative estimate of drug-likeness (QED) is 0.213. The molecule has 4 heteroatoms. The highest BCUT2D eigenvalue weighted by molar-refractivity contribution is 6.01. The van der Waals surface area contributed by atoms with Gasteiger partial charge in [-0.25, -0.2) is 0 Å². The number of hydrogen-bond acceptors (Lipinski definition) is 4. The molecule has 4 nitrogen and oxygen atoms in total. The molecule has 38 heavy (non-hydrogen) atoms. The summed E-state index contributed by atoms with van der Waals surface area (Å²) in [4.78, 5) is 0. The summed E-state index contributed by atoms with van der Waals surface area (Å²) >= 11 is 0. The van der Waals surface area contributed by atoms with E-state index in [-0.39, 0.29) is 0 Å². The lowest BCUT2D eigenvalue weighted by molar-refractivity contribution is 0.414. The molecule has 5 aromatic carbocycles. The lowest BCUT2D eigenvalue weighted by atomic mass is 9.83. The summed E-state index contributed by atoms with van der Waals surface area (Å²) in [7, 11) is 6.74. The van der Waals surface area contributed by atoms with Gasteiger partial charge < -0.3 is 18.9 Å². The molecule has 0 aliphatic rings. The van der Waals surface area contributed by atoms with Crippen LogP contribution < -0.4 is 18.9 Å². The third-order valence-corrected chi connectivity index (χ3v) is 6.76. The molecular weight excluding hydrogens is 472 g/mol. The summed E-state index contributed by atoms with van der Waals surface area (Å²) in [6.45, 7) is 0. The lowest BCUT2D eigenvalue weighted by Crippen LogP contribution is -1.95. The van der Waals surface area contributed by atoms with Gasteiger partial charge in [-0.15, -0.1) is 0 Å². The van der Waals surface area contributed by atoms with E-state index in [1.165, 1.54) is 0 Å². The minimum atomic E-state index is 0.817. The molecule has 0 saturated heterocycles. The molecular formula is C34H30O4. The molecule has 0 aromatic heterocycles. The first-order valence-corrected chi connectivity index (χ1v) is 12.4. The highest BCUT2D eigenvalue weighted by Gasteiger charge is 2.20. The molecule has 0 aliphatic heterocycles. The molecule has 0 unspecified atom stereocenters. The van der Waals surface area contributed by atoms with Crippen molar-refractivity contribution in [2.24, 2.45) is 0 Å². The van der Waals surface area contributed by atoms with E-state index in [4.69, 9.17) is 18.9 Å². The fourth-order valence-electron chi connectivity index (χ4n) is 4.74. The van der Waals surface area contributed by atoms with Crippen molar-refractivity contribution >= 4 is 0 Å². The zero-order valence-corrected chi connectivity index (χ0v) is 22.0. The normalized spacial score (nSPS) is 10.6. The van der Waals surface area contributed by atoms with Crippen molar-refractivity contribution in [3.8, 4) is 67.5 Å². The van der Waals surface area contributed by atoms with Gasteiger partial charge in [-0.1, -0.05) is 60.7 Å². The van der Waals surface area contributed by atoms with Gasteiger partial charge in [0.25, 0.3) is 0 Å². The standard InChI is InChI=1S/C34H30O4/c1-35-27-13-5-23(6-14-27)31-21-22-32(24-7-15-28(36-2)16-8-24)34(26-11-19-30(38-4)20-12-26)33(31)25-9-17-29(37-3)18-10-25/h5-22H,1-4H3.